The molecule has 0 N–H and O–H groups in total. The molecule has 6 nitrogen and oxygen atoms in total. The average Bonchev–Trinajstić information content (AvgIpc) is 2.89. The first-order chi connectivity index (χ1) is 11.4. The van der Waals surface area contributed by atoms with Crippen LogP contribution in [-0.2, 0) is 16.2 Å². The number of fused-ring (bicyclic) bond motifs is 1. The standard InChI is InChI=1S/C17H26N2O4Si/c1-6-23-17(20)14-11-13-15(21-2)7-8-18-16(13)19(14)12-22-9-10-24(3,4)5/h7-8,11H,6,9-10,12H2,1-5H3. The molecule has 0 fully saturated rings. The molecule has 0 aliphatic rings. The van der Waals surface area contributed by atoms with Gasteiger partial charge < -0.3 is 14.2 Å². The molecule has 2 aromatic heterocycles. The Labute approximate surface area is 143 Å². The van der Waals surface area contributed by atoms with Crippen LogP contribution in [0.15, 0.2) is 18.3 Å². The second-order valence-electron chi connectivity index (χ2n) is 6.78. The highest BCUT2D eigenvalue weighted by Gasteiger charge is 2.20. The summed E-state index contributed by atoms with van der Waals surface area (Å²) in [5.41, 5.74) is 1.09. The van der Waals surface area contributed by atoms with Crippen molar-refractivity contribution in [2.75, 3.05) is 20.3 Å². The Bertz CT molecular complexity index is 706. The second kappa shape index (κ2) is 7.81. The molecule has 0 aliphatic heterocycles. The summed E-state index contributed by atoms with van der Waals surface area (Å²) in [5.74, 6) is 0.290. The van der Waals surface area contributed by atoms with Crippen LogP contribution < -0.4 is 4.74 Å². The van der Waals surface area contributed by atoms with Crippen molar-refractivity contribution < 1.29 is 19.0 Å². The third-order valence-electron chi connectivity index (χ3n) is 3.68. The number of hydrogen-bond acceptors (Lipinski definition) is 5. The van der Waals surface area contributed by atoms with Crippen molar-refractivity contribution in [3.8, 4) is 5.75 Å². The molecule has 0 unspecified atom stereocenters. The van der Waals surface area contributed by atoms with Crippen LogP contribution in [0.5, 0.6) is 5.75 Å². The normalized spacial score (nSPS) is 11.7. The Hall–Kier alpha value is -1.86. The fourth-order valence-corrected chi connectivity index (χ4v) is 3.10. The van der Waals surface area contributed by atoms with E-state index in [1.54, 1.807) is 36.9 Å². The van der Waals surface area contributed by atoms with Crippen LogP contribution in [-0.4, -0.2) is 43.9 Å². The van der Waals surface area contributed by atoms with Crippen molar-refractivity contribution in [3.63, 3.8) is 0 Å². The number of methoxy groups -OCH3 is 1. The number of carbonyl (C=O) groups excluding carboxylic acids is 1. The molecule has 2 rings (SSSR count). The Morgan fingerprint density at radius 2 is 2.08 bits per heavy atom. The number of esters is 1. The topological polar surface area (TPSA) is 62.6 Å². The first-order valence-electron chi connectivity index (χ1n) is 8.14. The number of pyridine rings is 1. The van der Waals surface area contributed by atoms with E-state index in [1.165, 1.54) is 0 Å². The molecule has 0 atom stereocenters. The van der Waals surface area contributed by atoms with Gasteiger partial charge in [-0.15, -0.1) is 0 Å². The molecule has 2 aromatic rings. The highest BCUT2D eigenvalue weighted by molar-refractivity contribution is 6.76. The van der Waals surface area contributed by atoms with E-state index in [0.29, 0.717) is 30.3 Å². The van der Waals surface area contributed by atoms with E-state index < -0.39 is 8.07 Å². The molecule has 0 aliphatic carbocycles. The molecule has 0 spiro atoms. The molecule has 7 heteroatoms. The average molecular weight is 350 g/mol. The Kier molecular flexibility index (Phi) is 6.01. The monoisotopic (exact) mass is 350 g/mol. The zero-order chi connectivity index (χ0) is 17.7. The number of aromatic nitrogens is 2. The lowest BCUT2D eigenvalue weighted by atomic mass is 10.3. The molecular formula is C17H26N2O4Si. The van der Waals surface area contributed by atoms with E-state index in [-0.39, 0.29) is 12.7 Å². The minimum atomic E-state index is -1.16. The van der Waals surface area contributed by atoms with Gasteiger partial charge in [0.2, 0.25) is 0 Å². The molecule has 0 aromatic carbocycles. The van der Waals surface area contributed by atoms with E-state index >= 15 is 0 Å². The predicted octanol–water partition coefficient (Wildman–Crippen LogP) is 3.53. The zero-order valence-electron chi connectivity index (χ0n) is 15.1. The third-order valence-corrected chi connectivity index (χ3v) is 5.38. The van der Waals surface area contributed by atoms with E-state index in [4.69, 9.17) is 14.2 Å². The fourth-order valence-electron chi connectivity index (χ4n) is 2.34. The van der Waals surface area contributed by atoms with E-state index in [2.05, 4.69) is 24.6 Å². The highest BCUT2D eigenvalue weighted by Crippen LogP contribution is 2.27. The summed E-state index contributed by atoms with van der Waals surface area (Å²) in [6, 6.07) is 4.59. The van der Waals surface area contributed by atoms with Crippen molar-refractivity contribution in [2.24, 2.45) is 0 Å². The summed E-state index contributed by atoms with van der Waals surface area (Å²) in [4.78, 5) is 16.7. The highest BCUT2D eigenvalue weighted by atomic mass is 28.3. The maximum Gasteiger partial charge on any atom is 0.355 e. The number of nitrogens with zero attached hydrogens (tertiary/aromatic N) is 2. The van der Waals surface area contributed by atoms with Gasteiger partial charge in [-0.2, -0.15) is 0 Å². The SMILES string of the molecule is CCOC(=O)c1cc2c(OC)ccnc2n1COCC[Si](C)(C)C. The van der Waals surface area contributed by atoms with Crippen LogP contribution in [0.1, 0.15) is 17.4 Å². The lowest BCUT2D eigenvalue weighted by molar-refractivity contribution is 0.0477. The van der Waals surface area contributed by atoms with Crippen molar-refractivity contribution in [3.05, 3.63) is 24.0 Å². The van der Waals surface area contributed by atoms with Gasteiger partial charge in [0.25, 0.3) is 0 Å². The van der Waals surface area contributed by atoms with Crippen molar-refractivity contribution in [1.29, 1.82) is 0 Å². The largest absolute Gasteiger partial charge is 0.496 e. The maximum absolute atomic E-state index is 12.3. The second-order valence-corrected chi connectivity index (χ2v) is 12.4. The van der Waals surface area contributed by atoms with Crippen LogP contribution in [0, 0.1) is 0 Å². The van der Waals surface area contributed by atoms with Gasteiger partial charge in [-0.25, -0.2) is 9.78 Å². The molecule has 0 saturated heterocycles. The zero-order valence-corrected chi connectivity index (χ0v) is 16.1. The predicted molar refractivity (Wildman–Crippen MR) is 96.3 cm³/mol. The summed E-state index contributed by atoms with van der Waals surface area (Å²) in [5, 5.41) is 0.775. The Morgan fingerprint density at radius 3 is 2.71 bits per heavy atom. The quantitative estimate of drug-likeness (QED) is 0.414. The van der Waals surface area contributed by atoms with E-state index in [0.717, 1.165) is 11.4 Å². The first kappa shape index (κ1) is 18.5. The number of rotatable bonds is 8. The van der Waals surface area contributed by atoms with Crippen molar-refractivity contribution >= 4 is 25.1 Å². The van der Waals surface area contributed by atoms with Gasteiger partial charge >= 0.3 is 5.97 Å². The van der Waals surface area contributed by atoms with Gasteiger partial charge in [-0.05, 0) is 25.1 Å². The van der Waals surface area contributed by atoms with E-state index in [9.17, 15) is 4.79 Å². The molecule has 0 radical (unpaired) electrons. The summed E-state index contributed by atoms with van der Waals surface area (Å²) in [6.07, 6.45) is 1.66. The van der Waals surface area contributed by atoms with Crippen LogP contribution in [0.4, 0.5) is 0 Å². The van der Waals surface area contributed by atoms with Gasteiger partial charge in [0.05, 0.1) is 19.1 Å². The smallest absolute Gasteiger partial charge is 0.355 e. The molecule has 0 bridgehead atoms. The number of carbonyl (C=O) groups is 1. The lowest BCUT2D eigenvalue weighted by Gasteiger charge is -2.16. The number of hydrogen-bond donors (Lipinski definition) is 0. The molecule has 2 heterocycles. The van der Waals surface area contributed by atoms with E-state index in [1.807, 2.05) is 0 Å². The summed E-state index contributed by atoms with van der Waals surface area (Å²) >= 11 is 0. The molecule has 0 saturated carbocycles. The first-order valence-corrected chi connectivity index (χ1v) is 11.8. The Morgan fingerprint density at radius 1 is 1.33 bits per heavy atom. The van der Waals surface area contributed by atoms with Gasteiger partial charge in [0.1, 0.15) is 23.8 Å². The minimum absolute atomic E-state index is 0.266. The molecule has 0 amide bonds. The summed E-state index contributed by atoms with van der Waals surface area (Å²) < 4.78 is 18.1. The fraction of sp³-hybridized carbons (Fsp3) is 0.529. The lowest BCUT2D eigenvalue weighted by Crippen LogP contribution is -2.22. The van der Waals surface area contributed by atoms with Gasteiger partial charge in [-0.3, -0.25) is 4.57 Å². The van der Waals surface area contributed by atoms with Crippen LogP contribution in [0.3, 0.4) is 0 Å². The van der Waals surface area contributed by atoms with Crippen LogP contribution in [0.25, 0.3) is 11.0 Å². The van der Waals surface area contributed by atoms with Crippen LogP contribution in [0.2, 0.25) is 25.7 Å². The summed E-state index contributed by atoms with van der Waals surface area (Å²) in [7, 11) is 0.441. The van der Waals surface area contributed by atoms with Gasteiger partial charge in [-0.1, -0.05) is 19.6 Å². The number of ether oxygens (including phenoxy) is 3. The third kappa shape index (κ3) is 4.36. The molecular weight excluding hydrogens is 324 g/mol. The summed E-state index contributed by atoms with van der Waals surface area (Å²) in [6.45, 7) is 9.95. The van der Waals surface area contributed by atoms with Crippen molar-refractivity contribution in [2.45, 2.75) is 39.3 Å². The molecule has 132 valence electrons. The van der Waals surface area contributed by atoms with Crippen molar-refractivity contribution in [1.82, 2.24) is 9.55 Å². The van der Waals surface area contributed by atoms with Gasteiger partial charge in [0, 0.05) is 20.9 Å². The molecule has 24 heavy (non-hydrogen) atoms. The minimum Gasteiger partial charge on any atom is -0.496 e. The Balaban J connectivity index is 2.30. The van der Waals surface area contributed by atoms with Crippen LogP contribution >= 0.6 is 0 Å². The maximum atomic E-state index is 12.3. The van der Waals surface area contributed by atoms with Gasteiger partial charge in [0.15, 0.2) is 0 Å².